The zero-order chi connectivity index (χ0) is 17.5. The van der Waals surface area contributed by atoms with E-state index in [1.54, 1.807) is 0 Å². The lowest BCUT2D eigenvalue weighted by molar-refractivity contribution is -0.167. The fourth-order valence-corrected chi connectivity index (χ4v) is 4.06. The molecule has 0 aliphatic heterocycles. The number of hydrogen-bond donors (Lipinski definition) is 0. The molecule has 2 rings (SSSR count). The molecule has 0 amide bonds. The summed E-state index contributed by atoms with van der Waals surface area (Å²) in [5.41, 5.74) is -0.256. The number of rotatable bonds is 6. The molecule has 2 aliphatic rings. The van der Waals surface area contributed by atoms with E-state index in [4.69, 9.17) is 9.47 Å². The molecular weight excluding hydrogens is 288 g/mol. The molecular formula is C20H36O3. The second kappa shape index (κ2) is 6.38. The molecule has 0 heterocycles. The van der Waals surface area contributed by atoms with Crippen molar-refractivity contribution in [2.75, 3.05) is 6.61 Å². The Bertz CT molecular complexity index is 440. The van der Waals surface area contributed by atoms with Gasteiger partial charge in [0.05, 0.1) is 17.1 Å². The number of ether oxygens (including phenoxy) is 2. The second-order valence-corrected chi connectivity index (χ2v) is 9.70. The largest absolute Gasteiger partial charge is 0.462 e. The van der Waals surface area contributed by atoms with E-state index in [9.17, 15) is 4.79 Å². The van der Waals surface area contributed by atoms with E-state index in [-0.39, 0.29) is 17.5 Å². The van der Waals surface area contributed by atoms with Gasteiger partial charge in [-0.2, -0.15) is 0 Å². The molecule has 2 saturated carbocycles. The summed E-state index contributed by atoms with van der Waals surface area (Å²) >= 11 is 0. The molecule has 0 N–H and O–H groups in total. The van der Waals surface area contributed by atoms with Gasteiger partial charge in [-0.05, 0) is 70.6 Å². The van der Waals surface area contributed by atoms with Gasteiger partial charge in [-0.1, -0.05) is 27.2 Å². The molecule has 0 aromatic carbocycles. The predicted molar refractivity (Wildman–Crippen MR) is 93.2 cm³/mol. The molecule has 4 unspecified atom stereocenters. The lowest BCUT2D eigenvalue weighted by Crippen LogP contribution is -2.40. The summed E-state index contributed by atoms with van der Waals surface area (Å²) in [5, 5.41) is 0. The summed E-state index contributed by atoms with van der Waals surface area (Å²) < 4.78 is 11.9. The maximum atomic E-state index is 12.2. The Balaban J connectivity index is 1.81. The average Bonchev–Trinajstić information content (AvgIpc) is 3.03. The van der Waals surface area contributed by atoms with Gasteiger partial charge < -0.3 is 9.47 Å². The van der Waals surface area contributed by atoms with Crippen molar-refractivity contribution >= 4 is 5.97 Å². The molecule has 0 aromatic rings. The number of hydrogen-bond acceptors (Lipinski definition) is 3. The molecule has 0 bridgehead atoms. The van der Waals surface area contributed by atoms with E-state index < -0.39 is 5.60 Å². The van der Waals surface area contributed by atoms with Gasteiger partial charge in [0, 0.05) is 0 Å². The number of esters is 1. The molecule has 0 aromatic heterocycles. The van der Waals surface area contributed by atoms with Gasteiger partial charge in [0.2, 0.25) is 0 Å². The van der Waals surface area contributed by atoms with Gasteiger partial charge in [0.25, 0.3) is 0 Å². The highest BCUT2D eigenvalue weighted by molar-refractivity contribution is 5.80. The quantitative estimate of drug-likeness (QED) is 0.647. The van der Waals surface area contributed by atoms with E-state index in [1.165, 1.54) is 25.7 Å². The Labute approximate surface area is 142 Å². The molecule has 23 heavy (non-hydrogen) atoms. The maximum absolute atomic E-state index is 12.2. The van der Waals surface area contributed by atoms with Crippen molar-refractivity contribution in [1.29, 1.82) is 0 Å². The predicted octanol–water partition coefficient (Wildman–Crippen LogP) is 4.98. The van der Waals surface area contributed by atoms with E-state index >= 15 is 0 Å². The van der Waals surface area contributed by atoms with Crippen LogP contribution >= 0.6 is 0 Å². The Kier molecular flexibility index (Phi) is 5.21. The average molecular weight is 325 g/mol. The van der Waals surface area contributed by atoms with Crippen LogP contribution in [0.15, 0.2) is 0 Å². The molecule has 3 heteroatoms. The van der Waals surface area contributed by atoms with Gasteiger partial charge >= 0.3 is 5.97 Å². The fraction of sp³-hybridized carbons (Fsp3) is 0.950. The van der Waals surface area contributed by atoms with Crippen LogP contribution in [0, 0.1) is 22.7 Å². The van der Waals surface area contributed by atoms with E-state index in [2.05, 4.69) is 27.7 Å². The van der Waals surface area contributed by atoms with Crippen LogP contribution in [0.3, 0.4) is 0 Å². The lowest BCUT2D eigenvalue weighted by atomic mass is 9.71. The van der Waals surface area contributed by atoms with Crippen molar-refractivity contribution in [1.82, 2.24) is 0 Å². The fourth-order valence-electron chi connectivity index (χ4n) is 4.06. The Morgan fingerprint density at radius 2 is 1.87 bits per heavy atom. The lowest BCUT2D eigenvalue weighted by Gasteiger charge is -2.40. The summed E-state index contributed by atoms with van der Waals surface area (Å²) in [5.74, 6) is 0.991. The summed E-state index contributed by atoms with van der Waals surface area (Å²) in [6.45, 7) is 15.4. The van der Waals surface area contributed by atoms with Crippen LogP contribution < -0.4 is 0 Å². The highest BCUT2D eigenvalue weighted by Crippen LogP contribution is 2.52. The van der Waals surface area contributed by atoms with Gasteiger partial charge in [-0.15, -0.1) is 0 Å². The Hall–Kier alpha value is -0.570. The highest BCUT2D eigenvalue weighted by Gasteiger charge is 2.54. The zero-order valence-electron chi connectivity index (χ0n) is 16.2. The first-order valence-electron chi connectivity index (χ1n) is 9.30. The SMILES string of the molecule is CC(OC(C)(C)COC(=O)C1(C)CC1C)C1CCCC(C)(C)C1. The van der Waals surface area contributed by atoms with Crippen LogP contribution in [0.4, 0.5) is 0 Å². The molecule has 0 saturated heterocycles. The summed E-state index contributed by atoms with van der Waals surface area (Å²) in [6.07, 6.45) is 6.22. The summed E-state index contributed by atoms with van der Waals surface area (Å²) in [4.78, 5) is 12.2. The molecule has 134 valence electrons. The van der Waals surface area contributed by atoms with Gasteiger partial charge in [-0.25, -0.2) is 0 Å². The molecule has 4 atom stereocenters. The summed E-state index contributed by atoms with van der Waals surface area (Å²) in [6, 6.07) is 0. The number of carbonyl (C=O) groups is 1. The van der Waals surface area contributed by atoms with Crippen LogP contribution in [-0.2, 0) is 14.3 Å². The van der Waals surface area contributed by atoms with Gasteiger partial charge in [0.1, 0.15) is 6.61 Å². The first-order chi connectivity index (χ1) is 10.5. The standard InChI is InChI=1S/C20H36O3/c1-14-11-20(14,7)17(21)22-13-19(5,6)23-15(2)16-9-8-10-18(3,4)12-16/h14-16H,8-13H2,1-7H3. The summed E-state index contributed by atoms with van der Waals surface area (Å²) in [7, 11) is 0. The normalized spacial score (nSPS) is 34.7. The van der Waals surface area contributed by atoms with Crippen molar-refractivity contribution in [2.45, 2.75) is 92.3 Å². The molecule has 0 spiro atoms. The highest BCUT2D eigenvalue weighted by atomic mass is 16.6. The minimum atomic E-state index is -0.425. The minimum Gasteiger partial charge on any atom is -0.462 e. The van der Waals surface area contributed by atoms with Crippen LogP contribution in [0.2, 0.25) is 0 Å². The van der Waals surface area contributed by atoms with Crippen molar-refractivity contribution in [2.24, 2.45) is 22.7 Å². The van der Waals surface area contributed by atoms with Gasteiger partial charge in [0.15, 0.2) is 0 Å². The third-order valence-electron chi connectivity index (χ3n) is 6.09. The van der Waals surface area contributed by atoms with Gasteiger partial charge in [-0.3, -0.25) is 4.79 Å². The van der Waals surface area contributed by atoms with Crippen LogP contribution in [-0.4, -0.2) is 24.3 Å². The number of carbonyl (C=O) groups excluding carboxylic acids is 1. The Morgan fingerprint density at radius 3 is 2.39 bits per heavy atom. The second-order valence-electron chi connectivity index (χ2n) is 9.70. The van der Waals surface area contributed by atoms with Crippen molar-refractivity contribution in [3.63, 3.8) is 0 Å². The monoisotopic (exact) mass is 324 g/mol. The van der Waals surface area contributed by atoms with E-state index in [1.807, 2.05) is 20.8 Å². The van der Waals surface area contributed by atoms with Crippen molar-refractivity contribution in [3.05, 3.63) is 0 Å². The Morgan fingerprint density at radius 1 is 1.26 bits per heavy atom. The molecule has 0 radical (unpaired) electrons. The van der Waals surface area contributed by atoms with Crippen molar-refractivity contribution < 1.29 is 14.3 Å². The molecule has 2 fully saturated rings. The molecule has 3 nitrogen and oxygen atoms in total. The smallest absolute Gasteiger partial charge is 0.312 e. The van der Waals surface area contributed by atoms with E-state index in [0.29, 0.717) is 23.9 Å². The third kappa shape index (κ3) is 4.71. The maximum Gasteiger partial charge on any atom is 0.312 e. The topological polar surface area (TPSA) is 35.5 Å². The minimum absolute atomic E-state index is 0.0619. The van der Waals surface area contributed by atoms with Crippen LogP contribution in [0.1, 0.15) is 80.6 Å². The third-order valence-corrected chi connectivity index (χ3v) is 6.09. The van der Waals surface area contributed by atoms with Crippen molar-refractivity contribution in [3.8, 4) is 0 Å². The first kappa shape index (κ1) is 18.8. The van der Waals surface area contributed by atoms with E-state index in [0.717, 1.165) is 6.42 Å². The zero-order valence-corrected chi connectivity index (χ0v) is 16.2. The van der Waals surface area contributed by atoms with Crippen LogP contribution in [0.25, 0.3) is 0 Å². The molecule has 2 aliphatic carbocycles. The first-order valence-corrected chi connectivity index (χ1v) is 9.30. The van der Waals surface area contributed by atoms with Crippen LogP contribution in [0.5, 0.6) is 0 Å².